The van der Waals surface area contributed by atoms with Crippen LogP contribution >= 0.6 is 0 Å². The predicted octanol–water partition coefficient (Wildman–Crippen LogP) is 5.85. The van der Waals surface area contributed by atoms with Crippen molar-refractivity contribution >= 4 is 39.8 Å². The first-order chi connectivity index (χ1) is 16.6. The van der Waals surface area contributed by atoms with Crippen molar-refractivity contribution in [1.29, 1.82) is 0 Å². The molecule has 172 valence electrons. The Bertz CT molecular complexity index is 1290. The van der Waals surface area contributed by atoms with Crippen molar-refractivity contribution in [3.8, 4) is 0 Å². The van der Waals surface area contributed by atoms with Gasteiger partial charge in [-0.3, -0.25) is 4.79 Å². The van der Waals surface area contributed by atoms with E-state index in [9.17, 15) is 4.79 Å². The SMILES string of the molecule is Cc1cc(N2CCCCC2)nc(Nc2ccc(NC(=O)Cc3cccc4ccccc34)cc2)n1. The Labute approximate surface area is 200 Å². The molecule has 1 aliphatic heterocycles. The lowest BCUT2D eigenvalue weighted by atomic mass is 10.0. The fourth-order valence-corrected chi connectivity index (χ4v) is 4.48. The number of nitrogens with one attached hydrogen (secondary N) is 2. The van der Waals surface area contributed by atoms with Gasteiger partial charge >= 0.3 is 0 Å². The molecule has 4 aromatic rings. The van der Waals surface area contributed by atoms with Crippen LogP contribution in [0.25, 0.3) is 10.8 Å². The predicted molar refractivity (Wildman–Crippen MR) is 139 cm³/mol. The molecule has 1 fully saturated rings. The van der Waals surface area contributed by atoms with Gasteiger partial charge in [0.2, 0.25) is 11.9 Å². The minimum atomic E-state index is -0.0368. The summed E-state index contributed by atoms with van der Waals surface area (Å²) in [5.74, 6) is 1.53. The standard InChI is InChI=1S/C28H29N5O/c1-20-18-26(33-16-5-2-6-17-33)32-28(29-20)31-24-14-12-23(13-15-24)30-27(34)19-22-10-7-9-21-8-3-4-11-25(21)22/h3-4,7-15,18H,2,5-6,16-17,19H2,1H3,(H,30,34)(H,29,31,32). The van der Waals surface area contributed by atoms with Gasteiger partial charge in [-0.2, -0.15) is 4.98 Å². The maximum Gasteiger partial charge on any atom is 0.229 e. The molecule has 6 nitrogen and oxygen atoms in total. The summed E-state index contributed by atoms with van der Waals surface area (Å²) in [6.45, 7) is 4.08. The first kappa shape index (κ1) is 21.9. The quantitative estimate of drug-likeness (QED) is 0.385. The number of carbonyl (C=O) groups excluding carboxylic acids is 1. The summed E-state index contributed by atoms with van der Waals surface area (Å²) in [4.78, 5) is 24.3. The number of aromatic nitrogens is 2. The molecule has 1 aliphatic rings. The van der Waals surface area contributed by atoms with Crippen molar-refractivity contribution in [1.82, 2.24) is 9.97 Å². The highest BCUT2D eigenvalue weighted by Crippen LogP contribution is 2.23. The molecule has 0 unspecified atom stereocenters. The molecule has 34 heavy (non-hydrogen) atoms. The summed E-state index contributed by atoms with van der Waals surface area (Å²) in [6, 6.07) is 23.9. The van der Waals surface area contributed by atoms with E-state index in [2.05, 4.69) is 38.7 Å². The van der Waals surface area contributed by atoms with Gasteiger partial charge in [0.05, 0.1) is 6.42 Å². The van der Waals surface area contributed by atoms with Crippen LogP contribution in [0.4, 0.5) is 23.1 Å². The lowest BCUT2D eigenvalue weighted by Gasteiger charge is -2.28. The molecular weight excluding hydrogens is 422 g/mol. The van der Waals surface area contributed by atoms with Gasteiger partial charge in [-0.25, -0.2) is 4.98 Å². The fourth-order valence-electron chi connectivity index (χ4n) is 4.48. The van der Waals surface area contributed by atoms with E-state index in [0.29, 0.717) is 12.4 Å². The van der Waals surface area contributed by atoms with Crippen LogP contribution in [0, 0.1) is 6.92 Å². The molecule has 0 radical (unpaired) electrons. The number of hydrogen-bond donors (Lipinski definition) is 2. The third-order valence-electron chi connectivity index (χ3n) is 6.18. The van der Waals surface area contributed by atoms with Crippen LogP contribution in [0.3, 0.4) is 0 Å². The molecule has 0 spiro atoms. The van der Waals surface area contributed by atoms with Gasteiger partial charge in [0, 0.05) is 36.2 Å². The molecule has 0 bridgehead atoms. The number of anilines is 4. The smallest absolute Gasteiger partial charge is 0.229 e. The van der Waals surface area contributed by atoms with E-state index in [-0.39, 0.29) is 5.91 Å². The van der Waals surface area contributed by atoms with Gasteiger partial charge in [0.1, 0.15) is 5.82 Å². The molecular formula is C28H29N5O. The Balaban J connectivity index is 1.23. The highest BCUT2D eigenvalue weighted by Gasteiger charge is 2.14. The molecule has 1 aromatic heterocycles. The zero-order chi connectivity index (χ0) is 23.3. The van der Waals surface area contributed by atoms with Crippen molar-refractivity contribution in [2.75, 3.05) is 28.6 Å². The number of nitrogens with zero attached hydrogens (tertiary/aromatic N) is 3. The third-order valence-corrected chi connectivity index (χ3v) is 6.18. The van der Waals surface area contributed by atoms with E-state index in [4.69, 9.17) is 4.98 Å². The van der Waals surface area contributed by atoms with Crippen molar-refractivity contribution in [2.24, 2.45) is 0 Å². The number of rotatable bonds is 6. The highest BCUT2D eigenvalue weighted by molar-refractivity contribution is 5.96. The number of hydrogen-bond acceptors (Lipinski definition) is 5. The molecule has 2 N–H and O–H groups in total. The summed E-state index contributed by atoms with van der Waals surface area (Å²) in [7, 11) is 0. The average Bonchev–Trinajstić information content (AvgIpc) is 2.86. The van der Waals surface area contributed by atoms with Crippen molar-refractivity contribution in [2.45, 2.75) is 32.6 Å². The summed E-state index contributed by atoms with van der Waals surface area (Å²) in [5, 5.41) is 8.56. The maximum absolute atomic E-state index is 12.7. The number of amides is 1. The second-order valence-corrected chi connectivity index (χ2v) is 8.80. The minimum Gasteiger partial charge on any atom is -0.356 e. The second-order valence-electron chi connectivity index (χ2n) is 8.80. The van der Waals surface area contributed by atoms with Crippen molar-refractivity contribution < 1.29 is 4.79 Å². The van der Waals surface area contributed by atoms with Gasteiger partial charge in [0.25, 0.3) is 0 Å². The first-order valence-electron chi connectivity index (χ1n) is 11.9. The summed E-state index contributed by atoms with van der Waals surface area (Å²) < 4.78 is 0. The molecule has 1 amide bonds. The van der Waals surface area contributed by atoms with E-state index in [1.165, 1.54) is 19.3 Å². The Hall–Kier alpha value is -3.93. The number of piperidine rings is 1. The number of benzene rings is 3. The number of carbonyl (C=O) groups is 1. The van der Waals surface area contributed by atoms with E-state index >= 15 is 0 Å². The summed E-state index contributed by atoms with van der Waals surface area (Å²) >= 11 is 0. The second kappa shape index (κ2) is 9.91. The Kier molecular flexibility index (Phi) is 6.38. The topological polar surface area (TPSA) is 70.2 Å². The molecule has 0 saturated carbocycles. The van der Waals surface area contributed by atoms with Crippen LogP contribution in [0.1, 0.15) is 30.5 Å². The lowest BCUT2D eigenvalue weighted by Crippen LogP contribution is -2.30. The van der Waals surface area contributed by atoms with Gasteiger partial charge in [-0.15, -0.1) is 0 Å². The molecule has 2 heterocycles. The van der Waals surface area contributed by atoms with E-state index in [1.54, 1.807) is 0 Å². The van der Waals surface area contributed by atoms with Crippen LogP contribution in [-0.2, 0) is 11.2 Å². The van der Waals surface area contributed by atoms with E-state index in [0.717, 1.165) is 52.3 Å². The molecule has 0 atom stereocenters. The fraction of sp³-hybridized carbons (Fsp3) is 0.250. The van der Waals surface area contributed by atoms with Crippen LogP contribution in [0.5, 0.6) is 0 Å². The zero-order valence-electron chi connectivity index (χ0n) is 19.4. The molecule has 3 aromatic carbocycles. The van der Waals surface area contributed by atoms with Crippen LogP contribution < -0.4 is 15.5 Å². The summed E-state index contributed by atoms with van der Waals surface area (Å²) in [5.41, 5.74) is 3.60. The minimum absolute atomic E-state index is 0.0368. The van der Waals surface area contributed by atoms with Gasteiger partial charge < -0.3 is 15.5 Å². The first-order valence-corrected chi connectivity index (χ1v) is 11.9. The normalized spacial score (nSPS) is 13.6. The molecule has 6 heteroatoms. The van der Waals surface area contributed by atoms with Crippen molar-refractivity contribution in [3.63, 3.8) is 0 Å². The van der Waals surface area contributed by atoms with Crippen LogP contribution in [0.2, 0.25) is 0 Å². The van der Waals surface area contributed by atoms with E-state index < -0.39 is 0 Å². The Morgan fingerprint density at radius 2 is 1.62 bits per heavy atom. The Morgan fingerprint density at radius 3 is 2.44 bits per heavy atom. The maximum atomic E-state index is 12.7. The Morgan fingerprint density at radius 1 is 0.882 bits per heavy atom. The zero-order valence-corrected chi connectivity index (χ0v) is 19.4. The van der Waals surface area contributed by atoms with Gasteiger partial charge in [-0.05, 0) is 66.8 Å². The van der Waals surface area contributed by atoms with Crippen molar-refractivity contribution in [3.05, 3.63) is 84.1 Å². The molecule has 1 saturated heterocycles. The average molecular weight is 452 g/mol. The van der Waals surface area contributed by atoms with Crippen LogP contribution in [-0.4, -0.2) is 29.0 Å². The van der Waals surface area contributed by atoms with Gasteiger partial charge in [-0.1, -0.05) is 42.5 Å². The largest absolute Gasteiger partial charge is 0.356 e. The number of aryl methyl sites for hydroxylation is 1. The number of fused-ring (bicyclic) bond motifs is 1. The lowest BCUT2D eigenvalue weighted by molar-refractivity contribution is -0.115. The highest BCUT2D eigenvalue weighted by atomic mass is 16.1. The van der Waals surface area contributed by atoms with Crippen LogP contribution in [0.15, 0.2) is 72.8 Å². The third kappa shape index (κ3) is 5.17. The van der Waals surface area contributed by atoms with E-state index in [1.807, 2.05) is 61.5 Å². The summed E-state index contributed by atoms with van der Waals surface area (Å²) in [6.07, 6.45) is 4.03. The monoisotopic (exact) mass is 451 g/mol. The molecule has 0 aliphatic carbocycles. The van der Waals surface area contributed by atoms with Gasteiger partial charge in [0.15, 0.2) is 0 Å². The molecule has 5 rings (SSSR count).